The molecule has 0 spiro atoms. The molecule has 0 aliphatic heterocycles. The molecule has 0 aromatic carbocycles. The van der Waals surface area contributed by atoms with Crippen LogP contribution in [-0.2, 0) is 6.54 Å². The molecule has 1 N–H and O–H groups in total. The lowest BCUT2D eigenvalue weighted by Gasteiger charge is -1.90. The van der Waals surface area contributed by atoms with Crippen molar-refractivity contribution in [1.29, 1.82) is 0 Å². The number of hydrogen-bond donors (Lipinski definition) is 1. The second-order valence-corrected chi connectivity index (χ2v) is 1.70. The van der Waals surface area contributed by atoms with Crippen LogP contribution in [0.4, 0.5) is 0 Å². The standard InChI is InChI=1S/C6H9NO/c1-2-7-4-3-6(8)5-7/h3-5,8H,2H2,1H3. The molecular weight excluding hydrogens is 102 g/mol. The Labute approximate surface area is 48.4 Å². The topological polar surface area (TPSA) is 25.2 Å². The molecule has 0 aliphatic rings. The van der Waals surface area contributed by atoms with Crippen molar-refractivity contribution >= 4 is 0 Å². The van der Waals surface area contributed by atoms with E-state index in [1.54, 1.807) is 12.3 Å². The summed E-state index contributed by atoms with van der Waals surface area (Å²) < 4.78 is 1.91. The third-order valence-electron chi connectivity index (χ3n) is 1.10. The second kappa shape index (κ2) is 1.90. The van der Waals surface area contributed by atoms with Gasteiger partial charge in [-0.2, -0.15) is 0 Å². The monoisotopic (exact) mass is 111 g/mol. The van der Waals surface area contributed by atoms with Crippen molar-refractivity contribution in [3.05, 3.63) is 18.5 Å². The van der Waals surface area contributed by atoms with Crippen molar-refractivity contribution in [3.8, 4) is 5.75 Å². The van der Waals surface area contributed by atoms with Gasteiger partial charge in [-0.3, -0.25) is 0 Å². The van der Waals surface area contributed by atoms with E-state index in [4.69, 9.17) is 5.11 Å². The van der Waals surface area contributed by atoms with Gasteiger partial charge in [0, 0.05) is 18.9 Å². The maximum absolute atomic E-state index is 8.76. The lowest BCUT2D eigenvalue weighted by molar-refractivity contribution is 0.474. The average molecular weight is 111 g/mol. The summed E-state index contributed by atoms with van der Waals surface area (Å²) in [6.45, 7) is 2.94. The van der Waals surface area contributed by atoms with E-state index in [2.05, 4.69) is 0 Å². The van der Waals surface area contributed by atoms with Crippen LogP contribution in [0, 0.1) is 0 Å². The molecule has 0 fully saturated rings. The van der Waals surface area contributed by atoms with Gasteiger partial charge in [0.05, 0.1) is 0 Å². The number of nitrogens with zero attached hydrogens (tertiary/aromatic N) is 1. The Morgan fingerprint density at radius 1 is 1.75 bits per heavy atom. The van der Waals surface area contributed by atoms with Crippen molar-refractivity contribution in [1.82, 2.24) is 4.57 Å². The number of hydrogen-bond acceptors (Lipinski definition) is 1. The Hall–Kier alpha value is -0.920. The Kier molecular flexibility index (Phi) is 1.24. The normalized spacial score (nSPS) is 9.62. The Morgan fingerprint density at radius 3 is 2.75 bits per heavy atom. The van der Waals surface area contributed by atoms with Gasteiger partial charge in [-0.25, -0.2) is 0 Å². The first-order valence-corrected chi connectivity index (χ1v) is 2.67. The van der Waals surface area contributed by atoms with Crippen LogP contribution >= 0.6 is 0 Å². The minimum absolute atomic E-state index is 0.340. The highest BCUT2D eigenvalue weighted by Crippen LogP contribution is 2.06. The van der Waals surface area contributed by atoms with Crippen LogP contribution < -0.4 is 0 Å². The van der Waals surface area contributed by atoms with Gasteiger partial charge in [0.25, 0.3) is 0 Å². The molecule has 44 valence electrons. The van der Waals surface area contributed by atoms with Gasteiger partial charge in [-0.1, -0.05) is 0 Å². The second-order valence-electron chi connectivity index (χ2n) is 1.70. The van der Waals surface area contributed by atoms with Crippen molar-refractivity contribution in [2.45, 2.75) is 13.5 Å². The van der Waals surface area contributed by atoms with Crippen LogP contribution in [0.3, 0.4) is 0 Å². The zero-order valence-corrected chi connectivity index (χ0v) is 4.83. The van der Waals surface area contributed by atoms with Crippen LogP contribution in [0.25, 0.3) is 0 Å². The van der Waals surface area contributed by atoms with E-state index in [0.29, 0.717) is 5.75 Å². The Balaban J connectivity index is 2.84. The van der Waals surface area contributed by atoms with Crippen molar-refractivity contribution < 1.29 is 5.11 Å². The maximum Gasteiger partial charge on any atom is 0.133 e. The van der Waals surface area contributed by atoms with Crippen molar-refractivity contribution in [3.63, 3.8) is 0 Å². The highest BCUT2D eigenvalue weighted by molar-refractivity contribution is 5.14. The molecule has 2 nitrogen and oxygen atoms in total. The molecule has 1 rings (SSSR count). The van der Waals surface area contributed by atoms with Crippen LogP contribution in [-0.4, -0.2) is 9.67 Å². The third kappa shape index (κ3) is 0.832. The highest BCUT2D eigenvalue weighted by atomic mass is 16.3. The van der Waals surface area contributed by atoms with Crippen molar-refractivity contribution in [2.75, 3.05) is 0 Å². The van der Waals surface area contributed by atoms with Crippen LogP contribution in [0.15, 0.2) is 18.5 Å². The first-order valence-electron chi connectivity index (χ1n) is 2.67. The molecule has 1 aromatic rings. The summed E-state index contributed by atoms with van der Waals surface area (Å²) in [6.07, 6.45) is 3.54. The molecule has 0 bridgehead atoms. The van der Waals surface area contributed by atoms with Crippen molar-refractivity contribution in [2.24, 2.45) is 0 Å². The molecule has 0 aliphatic carbocycles. The zero-order valence-electron chi connectivity index (χ0n) is 4.83. The maximum atomic E-state index is 8.76. The average Bonchev–Trinajstić information content (AvgIpc) is 2.14. The lowest BCUT2D eigenvalue weighted by atomic mass is 10.6. The molecule has 2 heteroatoms. The largest absolute Gasteiger partial charge is 0.506 e. The quantitative estimate of drug-likeness (QED) is 0.579. The van der Waals surface area contributed by atoms with E-state index in [1.807, 2.05) is 17.7 Å². The Morgan fingerprint density at radius 2 is 2.50 bits per heavy atom. The van der Waals surface area contributed by atoms with E-state index >= 15 is 0 Å². The molecule has 0 atom stereocenters. The number of aromatic nitrogens is 1. The number of rotatable bonds is 1. The molecule has 0 radical (unpaired) electrons. The fourth-order valence-electron chi connectivity index (χ4n) is 0.625. The van der Waals surface area contributed by atoms with E-state index in [9.17, 15) is 0 Å². The molecule has 8 heavy (non-hydrogen) atoms. The molecular formula is C6H9NO. The molecule has 0 unspecified atom stereocenters. The minimum atomic E-state index is 0.340. The molecule has 1 aromatic heterocycles. The van der Waals surface area contributed by atoms with Gasteiger partial charge >= 0.3 is 0 Å². The summed E-state index contributed by atoms with van der Waals surface area (Å²) in [4.78, 5) is 0. The van der Waals surface area contributed by atoms with Crippen LogP contribution in [0.5, 0.6) is 5.75 Å². The summed E-state index contributed by atoms with van der Waals surface area (Å²) in [5, 5.41) is 8.76. The summed E-state index contributed by atoms with van der Waals surface area (Å²) in [5.41, 5.74) is 0. The smallest absolute Gasteiger partial charge is 0.133 e. The SMILES string of the molecule is CCn1ccc(O)c1. The van der Waals surface area contributed by atoms with E-state index in [0.717, 1.165) is 6.54 Å². The third-order valence-corrected chi connectivity index (χ3v) is 1.10. The summed E-state index contributed by atoms with van der Waals surface area (Å²) >= 11 is 0. The van der Waals surface area contributed by atoms with Gasteiger partial charge in [-0.05, 0) is 13.0 Å². The van der Waals surface area contributed by atoms with Gasteiger partial charge in [0.2, 0.25) is 0 Å². The number of aryl methyl sites for hydroxylation is 1. The predicted molar refractivity (Wildman–Crippen MR) is 31.8 cm³/mol. The first-order chi connectivity index (χ1) is 3.83. The molecule has 0 saturated carbocycles. The van der Waals surface area contributed by atoms with Gasteiger partial charge in [-0.15, -0.1) is 0 Å². The van der Waals surface area contributed by atoms with Gasteiger partial charge < -0.3 is 9.67 Å². The Bertz CT molecular complexity index is 169. The fourth-order valence-corrected chi connectivity index (χ4v) is 0.625. The summed E-state index contributed by atoms with van der Waals surface area (Å²) in [7, 11) is 0. The fraction of sp³-hybridized carbons (Fsp3) is 0.333. The highest BCUT2D eigenvalue weighted by Gasteiger charge is 1.86. The van der Waals surface area contributed by atoms with Crippen LogP contribution in [0.2, 0.25) is 0 Å². The van der Waals surface area contributed by atoms with Gasteiger partial charge in [0.15, 0.2) is 0 Å². The zero-order chi connectivity index (χ0) is 5.98. The van der Waals surface area contributed by atoms with Gasteiger partial charge in [0.1, 0.15) is 5.75 Å². The number of aromatic hydroxyl groups is 1. The lowest BCUT2D eigenvalue weighted by Crippen LogP contribution is -1.85. The van der Waals surface area contributed by atoms with E-state index in [1.165, 1.54) is 0 Å². The molecule has 0 amide bonds. The first kappa shape index (κ1) is 5.22. The predicted octanol–water partition coefficient (Wildman–Crippen LogP) is 1.21. The molecule has 0 saturated heterocycles. The van der Waals surface area contributed by atoms with Crippen LogP contribution in [0.1, 0.15) is 6.92 Å². The summed E-state index contributed by atoms with van der Waals surface area (Å²) in [5.74, 6) is 0.340. The van der Waals surface area contributed by atoms with E-state index in [-0.39, 0.29) is 0 Å². The molecule has 1 heterocycles. The minimum Gasteiger partial charge on any atom is -0.506 e. The summed E-state index contributed by atoms with van der Waals surface area (Å²) in [6, 6.07) is 1.67. The van der Waals surface area contributed by atoms with E-state index < -0.39 is 0 Å².